The van der Waals surface area contributed by atoms with Crippen LogP contribution in [0, 0.1) is 6.92 Å². The minimum atomic E-state index is -0.881. The van der Waals surface area contributed by atoms with E-state index in [2.05, 4.69) is 9.97 Å². The number of aromatic hydroxyl groups is 1. The van der Waals surface area contributed by atoms with Gasteiger partial charge in [-0.3, -0.25) is 9.59 Å². The van der Waals surface area contributed by atoms with Crippen LogP contribution in [-0.4, -0.2) is 32.7 Å². The Hall–Kier alpha value is -3.49. The number of pyridine rings is 1. The third kappa shape index (κ3) is 5.28. The number of rotatable bonds is 8. The van der Waals surface area contributed by atoms with Gasteiger partial charge in [0.05, 0.1) is 36.4 Å². The van der Waals surface area contributed by atoms with Crippen molar-refractivity contribution in [3.63, 3.8) is 0 Å². The Labute approximate surface area is 211 Å². The largest absolute Gasteiger partial charge is 0.507 e. The standard InChI is InChI=1S/C25H23Cl2N3O5/c1-14-9-20(31)24(25(33)30(14)8-7-16-12-28-13-29-16)18(11-23(32)34-2)22-6-5-21(35-22)17-4-3-15(26)10-19(17)27/h3-6,9-10,12-13,18,31H,7-8,11H2,1-2H3,(H,28,29)/t18-/m0/s1. The second-order valence-electron chi connectivity index (χ2n) is 8.03. The van der Waals surface area contributed by atoms with Crippen molar-refractivity contribution in [2.24, 2.45) is 0 Å². The van der Waals surface area contributed by atoms with E-state index in [0.717, 1.165) is 5.69 Å². The Morgan fingerprint density at radius 2 is 2.06 bits per heavy atom. The molecular formula is C25H23Cl2N3O5. The number of nitrogens with zero attached hydrogens (tertiary/aromatic N) is 2. The summed E-state index contributed by atoms with van der Waals surface area (Å²) >= 11 is 12.3. The number of methoxy groups -OCH3 is 1. The van der Waals surface area contributed by atoms with Crippen molar-refractivity contribution in [1.82, 2.24) is 14.5 Å². The van der Waals surface area contributed by atoms with Gasteiger partial charge in [-0.1, -0.05) is 23.2 Å². The first-order valence-corrected chi connectivity index (χ1v) is 11.6. The molecule has 0 fully saturated rings. The molecule has 0 bridgehead atoms. The van der Waals surface area contributed by atoms with Gasteiger partial charge in [-0.2, -0.15) is 0 Å². The van der Waals surface area contributed by atoms with Crippen molar-refractivity contribution < 1.29 is 19.1 Å². The topological polar surface area (TPSA) is 110 Å². The summed E-state index contributed by atoms with van der Waals surface area (Å²) in [7, 11) is 1.26. The molecule has 0 aliphatic heterocycles. The molecule has 1 aromatic carbocycles. The Balaban J connectivity index is 1.77. The molecule has 0 saturated carbocycles. The summed E-state index contributed by atoms with van der Waals surface area (Å²) in [6, 6.07) is 9.85. The zero-order valence-corrected chi connectivity index (χ0v) is 20.6. The first kappa shape index (κ1) is 24.6. The lowest BCUT2D eigenvalue weighted by Crippen LogP contribution is -2.29. The molecule has 2 N–H and O–H groups in total. The van der Waals surface area contributed by atoms with Crippen molar-refractivity contribution in [2.45, 2.75) is 32.2 Å². The number of hydrogen-bond donors (Lipinski definition) is 2. The highest BCUT2D eigenvalue weighted by Gasteiger charge is 2.29. The molecule has 1 atom stereocenters. The highest BCUT2D eigenvalue weighted by atomic mass is 35.5. The average molecular weight is 516 g/mol. The van der Waals surface area contributed by atoms with Gasteiger partial charge in [0.25, 0.3) is 5.56 Å². The van der Waals surface area contributed by atoms with Gasteiger partial charge in [0.1, 0.15) is 17.3 Å². The summed E-state index contributed by atoms with van der Waals surface area (Å²) in [4.78, 5) is 32.9. The van der Waals surface area contributed by atoms with Gasteiger partial charge < -0.3 is 23.8 Å². The number of aryl methyl sites for hydroxylation is 2. The maximum absolute atomic E-state index is 13.6. The van der Waals surface area contributed by atoms with E-state index in [1.54, 1.807) is 54.3 Å². The molecule has 3 aromatic heterocycles. The number of aromatic amines is 1. The van der Waals surface area contributed by atoms with Gasteiger partial charge in [-0.25, -0.2) is 4.98 Å². The molecule has 182 valence electrons. The number of hydrogen-bond acceptors (Lipinski definition) is 6. The Morgan fingerprint density at radius 3 is 2.74 bits per heavy atom. The van der Waals surface area contributed by atoms with Gasteiger partial charge in [-0.05, 0) is 43.3 Å². The monoisotopic (exact) mass is 515 g/mol. The number of imidazole rings is 1. The summed E-state index contributed by atoms with van der Waals surface area (Å²) < 4.78 is 12.5. The quantitative estimate of drug-likeness (QED) is 0.316. The molecule has 0 saturated heterocycles. The second-order valence-corrected chi connectivity index (χ2v) is 8.87. The van der Waals surface area contributed by atoms with E-state index in [1.807, 2.05) is 0 Å². The van der Waals surface area contributed by atoms with Crippen LogP contribution < -0.4 is 5.56 Å². The number of halogens is 2. The van der Waals surface area contributed by atoms with Gasteiger partial charge in [0.2, 0.25) is 0 Å². The van der Waals surface area contributed by atoms with E-state index < -0.39 is 17.4 Å². The van der Waals surface area contributed by atoms with Crippen LogP contribution in [0.3, 0.4) is 0 Å². The fourth-order valence-electron chi connectivity index (χ4n) is 4.00. The number of H-pyrrole nitrogens is 1. The maximum Gasteiger partial charge on any atom is 0.306 e. The maximum atomic E-state index is 13.6. The molecule has 0 amide bonds. The van der Waals surface area contributed by atoms with Crippen LogP contribution in [-0.2, 0) is 22.5 Å². The summed E-state index contributed by atoms with van der Waals surface area (Å²) in [6.45, 7) is 2.09. The summed E-state index contributed by atoms with van der Waals surface area (Å²) in [5.41, 5.74) is 1.68. The minimum Gasteiger partial charge on any atom is -0.507 e. The van der Waals surface area contributed by atoms with Crippen LogP contribution in [0.15, 0.2) is 58.1 Å². The molecule has 4 rings (SSSR count). The van der Waals surface area contributed by atoms with Crippen LogP contribution in [0.1, 0.15) is 35.1 Å². The highest BCUT2D eigenvalue weighted by molar-refractivity contribution is 6.36. The van der Waals surface area contributed by atoms with Crippen LogP contribution in [0.25, 0.3) is 11.3 Å². The molecule has 4 aromatic rings. The van der Waals surface area contributed by atoms with Crippen molar-refractivity contribution in [1.29, 1.82) is 0 Å². The zero-order valence-electron chi connectivity index (χ0n) is 19.0. The molecular weight excluding hydrogens is 493 g/mol. The Kier molecular flexibility index (Phi) is 7.33. The lowest BCUT2D eigenvalue weighted by molar-refractivity contribution is -0.140. The van der Waals surface area contributed by atoms with E-state index in [4.69, 9.17) is 32.4 Å². The molecule has 0 spiro atoms. The van der Waals surface area contributed by atoms with Crippen LogP contribution in [0.2, 0.25) is 10.0 Å². The van der Waals surface area contributed by atoms with Crippen LogP contribution in [0.5, 0.6) is 5.75 Å². The number of benzene rings is 1. The van der Waals surface area contributed by atoms with Crippen molar-refractivity contribution in [3.05, 3.63) is 92.0 Å². The van der Waals surface area contributed by atoms with Gasteiger partial charge >= 0.3 is 5.97 Å². The molecule has 0 unspecified atom stereocenters. The number of carbonyl (C=O) groups excluding carboxylic acids is 1. The highest BCUT2D eigenvalue weighted by Crippen LogP contribution is 2.37. The van der Waals surface area contributed by atoms with E-state index in [9.17, 15) is 14.7 Å². The number of esters is 1. The van der Waals surface area contributed by atoms with Gasteiger partial charge in [0, 0.05) is 41.1 Å². The van der Waals surface area contributed by atoms with E-state index in [1.165, 1.54) is 13.2 Å². The van der Waals surface area contributed by atoms with E-state index in [0.29, 0.717) is 45.8 Å². The van der Waals surface area contributed by atoms with Crippen molar-refractivity contribution in [2.75, 3.05) is 7.11 Å². The normalized spacial score (nSPS) is 12.0. The SMILES string of the molecule is COC(=O)C[C@@H](c1ccc(-c2ccc(Cl)cc2Cl)o1)c1c(O)cc(C)n(CCc2cnc[nH]2)c1=O. The predicted octanol–water partition coefficient (Wildman–Crippen LogP) is 5.09. The molecule has 10 heteroatoms. The van der Waals surface area contributed by atoms with Crippen LogP contribution >= 0.6 is 23.2 Å². The van der Waals surface area contributed by atoms with Gasteiger partial charge in [-0.15, -0.1) is 0 Å². The predicted molar refractivity (Wildman–Crippen MR) is 132 cm³/mol. The Morgan fingerprint density at radius 1 is 1.26 bits per heavy atom. The van der Waals surface area contributed by atoms with Crippen molar-refractivity contribution >= 4 is 29.2 Å². The van der Waals surface area contributed by atoms with Gasteiger partial charge in [0.15, 0.2) is 0 Å². The fraction of sp³-hybridized carbons (Fsp3) is 0.240. The molecule has 35 heavy (non-hydrogen) atoms. The molecule has 0 radical (unpaired) electrons. The summed E-state index contributed by atoms with van der Waals surface area (Å²) in [5, 5.41) is 11.7. The molecule has 8 nitrogen and oxygen atoms in total. The smallest absolute Gasteiger partial charge is 0.306 e. The molecule has 0 aliphatic carbocycles. The first-order valence-electron chi connectivity index (χ1n) is 10.8. The number of furan rings is 1. The zero-order chi connectivity index (χ0) is 25.1. The minimum absolute atomic E-state index is 0.0497. The average Bonchev–Trinajstić information content (AvgIpc) is 3.50. The lowest BCUT2D eigenvalue weighted by atomic mass is 9.93. The third-order valence-corrected chi connectivity index (χ3v) is 6.34. The third-order valence-electron chi connectivity index (χ3n) is 5.80. The van der Waals surface area contributed by atoms with Crippen LogP contribution in [0.4, 0.5) is 0 Å². The van der Waals surface area contributed by atoms with E-state index >= 15 is 0 Å². The lowest BCUT2D eigenvalue weighted by Gasteiger charge is -2.18. The summed E-state index contributed by atoms with van der Waals surface area (Å²) in [5.74, 6) is -0.910. The second kappa shape index (κ2) is 10.4. The number of nitrogens with one attached hydrogen (secondary N) is 1. The molecule has 0 aliphatic rings. The molecule has 3 heterocycles. The number of ether oxygens (including phenoxy) is 1. The first-order chi connectivity index (χ1) is 16.8. The number of aromatic nitrogens is 3. The summed E-state index contributed by atoms with van der Waals surface area (Å²) in [6.07, 6.45) is 3.59. The fourth-order valence-corrected chi connectivity index (χ4v) is 4.50. The Bertz CT molecular complexity index is 1410. The van der Waals surface area contributed by atoms with E-state index in [-0.39, 0.29) is 17.7 Å². The number of carbonyl (C=O) groups is 1. The van der Waals surface area contributed by atoms with Crippen molar-refractivity contribution in [3.8, 4) is 17.1 Å².